The average molecular weight is 475 g/mol. The minimum atomic E-state index is -3.63. The Balaban J connectivity index is 1.33. The molecule has 1 unspecified atom stereocenters. The molecule has 2 N–H and O–H groups in total. The van der Waals surface area contributed by atoms with E-state index in [4.69, 9.17) is 16.7 Å². The van der Waals surface area contributed by atoms with Crippen molar-refractivity contribution in [2.75, 3.05) is 13.1 Å². The summed E-state index contributed by atoms with van der Waals surface area (Å²) >= 11 is 6.13. The van der Waals surface area contributed by atoms with Gasteiger partial charge in [-0.15, -0.1) is 0 Å². The highest BCUT2D eigenvalue weighted by molar-refractivity contribution is 7.89. The van der Waals surface area contributed by atoms with Gasteiger partial charge in [-0.3, -0.25) is 4.68 Å². The zero-order valence-electron chi connectivity index (χ0n) is 18.0. The molecular weight excluding hydrogens is 448 g/mol. The van der Waals surface area contributed by atoms with Gasteiger partial charge in [0.25, 0.3) is 10.0 Å². The highest BCUT2D eigenvalue weighted by atomic mass is 35.5. The Morgan fingerprint density at radius 3 is 2.69 bits per heavy atom. The third kappa shape index (κ3) is 3.87. The van der Waals surface area contributed by atoms with Gasteiger partial charge in [0.15, 0.2) is 5.03 Å². The Kier molecular flexibility index (Phi) is 5.61. The lowest BCUT2D eigenvalue weighted by Crippen LogP contribution is -2.49. The molecule has 0 spiro atoms. The maximum Gasteiger partial charge on any atom is 0.259 e. The number of benzene rings is 1. The molecule has 3 aromatic rings. The number of aryl methyl sites for hydroxylation is 1. The van der Waals surface area contributed by atoms with Crippen LogP contribution in [0.5, 0.6) is 0 Å². The van der Waals surface area contributed by atoms with E-state index in [2.05, 4.69) is 33.4 Å². The van der Waals surface area contributed by atoms with E-state index < -0.39 is 10.0 Å². The minimum absolute atomic E-state index is 0.0268. The summed E-state index contributed by atoms with van der Waals surface area (Å²) in [5.74, 6) is 0. The summed E-state index contributed by atoms with van der Waals surface area (Å²) in [6, 6.07) is 8.36. The molecule has 0 bridgehead atoms. The third-order valence-corrected chi connectivity index (χ3v) is 8.29. The number of sulfonamides is 1. The Bertz CT molecular complexity index is 1210. The minimum Gasteiger partial charge on any atom is -0.339 e. The molecule has 2 aliphatic rings. The lowest BCUT2D eigenvalue weighted by atomic mass is 9.58. The van der Waals surface area contributed by atoms with Gasteiger partial charge in [0.1, 0.15) is 0 Å². The summed E-state index contributed by atoms with van der Waals surface area (Å²) in [5, 5.41) is 9.39. The van der Waals surface area contributed by atoms with Crippen molar-refractivity contribution in [3.05, 3.63) is 64.8 Å². The molecule has 32 heavy (non-hydrogen) atoms. The maximum absolute atomic E-state index is 12.4. The van der Waals surface area contributed by atoms with Crippen LogP contribution >= 0.6 is 11.6 Å². The molecule has 5 rings (SSSR count). The van der Waals surface area contributed by atoms with Crippen molar-refractivity contribution in [2.24, 2.45) is 7.05 Å². The summed E-state index contributed by atoms with van der Waals surface area (Å²) in [6.07, 6.45) is 9.37. The van der Waals surface area contributed by atoms with E-state index in [0.717, 1.165) is 36.5 Å². The molecule has 0 amide bonds. The zero-order valence-corrected chi connectivity index (χ0v) is 19.5. The molecule has 3 heterocycles. The summed E-state index contributed by atoms with van der Waals surface area (Å²) in [6.45, 7) is 1.62. The van der Waals surface area contributed by atoms with Crippen LogP contribution in [0.3, 0.4) is 0 Å². The first-order valence-corrected chi connectivity index (χ1v) is 12.8. The predicted octanol–water partition coefficient (Wildman–Crippen LogP) is 2.56. The first-order chi connectivity index (χ1) is 15.4. The maximum atomic E-state index is 12.4. The van der Waals surface area contributed by atoms with E-state index in [9.17, 15) is 8.42 Å². The first kappa shape index (κ1) is 21.6. The summed E-state index contributed by atoms with van der Waals surface area (Å²) < 4.78 is 30.9. The van der Waals surface area contributed by atoms with Gasteiger partial charge in [-0.1, -0.05) is 30.2 Å². The SMILES string of the molecule is Cn1cnc(S(=O)(=O)NCCn2cc3c(n2)C(C2(c4ccc(Cl)cc4)CCC2)NCC3)c1. The number of nitrogens with one attached hydrogen (secondary N) is 2. The fourth-order valence-corrected chi connectivity index (χ4v) is 6.04. The number of halogens is 1. The molecule has 1 fully saturated rings. The van der Waals surface area contributed by atoms with Gasteiger partial charge < -0.3 is 9.88 Å². The number of rotatable bonds is 7. The van der Waals surface area contributed by atoms with Crippen LogP contribution in [0, 0.1) is 0 Å². The number of hydrogen-bond acceptors (Lipinski definition) is 5. The van der Waals surface area contributed by atoms with Gasteiger partial charge in [-0.05, 0) is 49.1 Å². The van der Waals surface area contributed by atoms with Crippen LogP contribution in [0.1, 0.15) is 42.1 Å². The molecule has 170 valence electrons. The van der Waals surface area contributed by atoms with E-state index in [-0.39, 0.29) is 23.0 Å². The van der Waals surface area contributed by atoms with Crippen LogP contribution < -0.4 is 10.0 Å². The largest absolute Gasteiger partial charge is 0.339 e. The number of hydrogen-bond donors (Lipinski definition) is 2. The van der Waals surface area contributed by atoms with Crippen molar-refractivity contribution in [1.82, 2.24) is 29.4 Å². The van der Waals surface area contributed by atoms with Crippen molar-refractivity contribution in [2.45, 2.75) is 48.7 Å². The molecule has 1 aromatic carbocycles. The monoisotopic (exact) mass is 474 g/mol. The Morgan fingerprint density at radius 1 is 1.25 bits per heavy atom. The van der Waals surface area contributed by atoms with Crippen LogP contribution in [0.2, 0.25) is 5.02 Å². The lowest BCUT2D eigenvalue weighted by molar-refractivity contribution is 0.161. The van der Waals surface area contributed by atoms with Gasteiger partial charge in [-0.25, -0.2) is 18.1 Å². The van der Waals surface area contributed by atoms with Gasteiger partial charge in [0.05, 0.1) is 24.6 Å². The standard InChI is InChI=1S/C22H27ClN6O2S/c1-28-14-19(25-15-28)32(30,31)26-11-12-29-13-16-7-10-24-21(20(16)27-29)22(8-2-9-22)17-3-5-18(23)6-4-17/h3-6,13-15,21,24,26H,2,7-12H2,1H3. The van der Waals surface area contributed by atoms with E-state index in [1.165, 1.54) is 30.1 Å². The van der Waals surface area contributed by atoms with E-state index >= 15 is 0 Å². The van der Waals surface area contributed by atoms with Crippen molar-refractivity contribution in [3.63, 3.8) is 0 Å². The second kappa shape index (κ2) is 8.30. The molecule has 0 radical (unpaired) electrons. The van der Waals surface area contributed by atoms with Crippen LogP contribution in [0.25, 0.3) is 0 Å². The Hall–Kier alpha value is -2.20. The Labute approximate surface area is 193 Å². The van der Waals surface area contributed by atoms with Crippen LogP contribution in [0.15, 0.2) is 48.0 Å². The van der Waals surface area contributed by atoms with E-state index in [1.54, 1.807) is 11.6 Å². The summed E-state index contributed by atoms with van der Waals surface area (Å²) in [7, 11) is -1.89. The van der Waals surface area contributed by atoms with Crippen molar-refractivity contribution in [1.29, 1.82) is 0 Å². The molecular formula is C22H27ClN6O2S. The summed E-state index contributed by atoms with van der Waals surface area (Å²) in [4.78, 5) is 3.93. The van der Waals surface area contributed by atoms with Crippen molar-refractivity contribution >= 4 is 21.6 Å². The van der Waals surface area contributed by atoms with Gasteiger partial charge >= 0.3 is 0 Å². The fraction of sp³-hybridized carbons (Fsp3) is 0.455. The predicted molar refractivity (Wildman–Crippen MR) is 122 cm³/mol. The van der Waals surface area contributed by atoms with Crippen molar-refractivity contribution in [3.8, 4) is 0 Å². The first-order valence-electron chi connectivity index (χ1n) is 10.9. The highest BCUT2D eigenvalue weighted by Crippen LogP contribution is 2.53. The molecule has 10 heteroatoms. The van der Waals surface area contributed by atoms with Crippen molar-refractivity contribution < 1.29 is 8.42 Å². The van der Waals surface area contributed by atoms with Gasteiger partial charge in [0, 0.05) is 36.4 Å². The van der Waals surface area contributed by atoms with E-state index in [0.29, 0.717) is 6.54 Å². The topological polar surface area (TPSA) is 93.8 Å². The quantitative estimate of drug-likeness (QED) is 0.549. The number of aromatic nitrogens is 4. The second-order valence-corrected chi connectivity index (χ2v) is 10.9. The number of nitrogens with zero attached hydrogens (tertiary/aromatic N) is 4. The Morgan fingerprint density at radius 2 is 2.03 bits per heavy atom. The van der Waals surface area contributed by atoms with Crippen LogP contribution in [-0.4, -0.2) is 40.8 Å². The molecule has 2 aromatic heterocycles. The molecule has 0 saturated heterocycles. The number of fused-ring (bicyclic) bond motifs is 1. The fourth-order valence-electron chi connectivity index (χ4n) is 4.91. The molecule has 1 atom stereocenters. The van der Waals surface area contributed by atoms with Gasteiger partial charge in [0.2, 0.25) is 0 Å². The smallest absolute Gasteiger partial charge is 0.259 e. The number of imidazole rings is 1. The normalized spacial score (nSPS) is 20.0. The summed E-state index contributed by atoms with van der Waals surface area (Å²) in [5.41, 5.74) is 3.65. The average Bonchev–Trinajstić information content (AvgIpc) is 3.35. The van der Waals surface area contributed by atoms with Crippen LogP contribution in [-0.2, 0) is 35.5 Å². The van der Waals surface area contributed by atoms with Gasteiger partial charge in [-0.2, -0.15) is 5.10 Å². The second-order valence-electron chi connectivity index (χ2n) is 8.73. The highest BCUT2D eigenvalue weighted by Gasteiger charge is 2.48. The molecule has 1 saturated carbocycles. The third-order valence-electron chi connectivity index (χ3n) is 6.69. The molecule has 1 aliphatic carbocycles. The van der Waals surface area contributed by atoms with E-state index in [1.807, 2.05) is 16.8 Å². The lowest BCUT2D eigenvalue weighted by Gasteiger charge is -2.49. The molecule has 8 nitrogen and oxygen atoms in total. The molecule has 1 aliphatic heterocycles. The zero-order chi connectivity index (χ0) is 22.3. The van der Waals surface area contributed by atoms with Crippen LogP contribution in [0.4, 0.5) is 0 Å².